The number of hydrogen-bond donors (Lipinski definition) is 0. The molecule has 3 rings (SSSR count). The zero-order valence-electron chi connectivity index (χ0n) is 11.5. The van der Waals surface area contributed by atoms with Gasteiger partial charge in [-0.15, -0.1) is 0 Å². The molecular weight excluding hydrogens is 246 g/mol. The van der Waals surface area contributed by atoms with Gasteiger partial charge in [-0.25, -0.2) is 0 Å². The van der Waals surface area contributed by atoms with Crippen molar-refractivity contribution in [1.29, 1.82) is 0 Å². The number of hydrogen-bond acceptors (Lipinski definition) is 1. The van der Waals surface area contributed by atoms with E-state index in [1.807, 2.05) is 4.90 Å². The number of carbonyl (C=O) groups excluding carboxylic acids is 1. The Morgan fingerprint density at radius 2 is 1.25 bits per heavy atom. The minimum atomic E-state index is 0.0437. The number of nitrogens with zero attached hydrogens (tertiary/aromatic N) is 1. The topological polar surface area (TPSA) is 20.3 Å². The van der Waals surface area contributed by atoms with Crippen molar-refractivity contribution in [1.82, 2.24) is 4.90 Å². The van der Waals surface area contributed by atoms with E-state index >= 15 is 0 Å². The smallest absolute Gasteiger partial charge is 0.209 e. The van der Waals surface area contributed by atoms with Crippen molar-refractivity contribution >= 4 is 6.41 Å². The normalized spacial score (nSPS) is 17.7. The van der Waals surface area contributed by atoms with Gasteiger partial charge in [0.25, 0.3) is 0 Å². The fourth-order valence-corrected chi connectivity index (χ4v) is 3.27. The first-order valence-corrected chi connectivity index (χ1v) is 7.15. The van der Waals surface area contributed by atoms with E-state index in [4.69, 9.17) is 0 Å². The summed E-state index contributed by atoms with van der Waals surface area (Å²) in [6, 6.07) is 21.4. The van der Waals surface area contributed by atoms with E-state index in [0.717, 1.165) is 32.3 Å². The van der Waals surface area contributed by atoms with Crippen LogP contribution in [0.5, 0.6) is 0 Å². The Morgan fingerprint density at radius 3 is 1.65 bits per heavy atom. The van der Waals surface area contributed by atoms with Crippen LogP contribution in [-0.4, -0.2) is 24.4 Å². The van der Waals surface area contributed by atoms with E-state index in [0.29, 0.717) is 0 Å². The predicted molar refractivity (Wildman–Crippen MR) is 80.5 cm³/mol. The number of piperidine rings is 1. The summed E-state index contributed by atoms with van der Waals surface area (Å²) in [5.74, 6) is 0. The molecule has 2 heteroatoms. The van der Waals surface area contributed by atoms with Gasteiger partial charge in [0.15, 0.2) is 0 Å². The lowest BCUT2D eigenvalue weighted by Gasteiger charge is -2.41. The van der Waals surface area contributed by atoms with Crippen molar-refractivity contribution in [3.63, 3.8) is 0 Å². The van der Waals surface area contributed by atoms with Crippen LogP contribution in [0.25, 0.3) is 0 Å². The Hall–Kier alpha value is -2.09. The lowest BCUT2D eigenvalue weighted by atomic mass is 9.68. The molecule has 1 saturated heterocycles. The van der Waals surface area contributed by atoms with Gasteiger partial charge in [-0.2, -0.15) is 0 Å². The molecule has 0 spiro atoms. The summed E-state index contributed by atoms with van der Waals surface area (Å²) in [5.41, 5.74) is 2.76. The summed E-state index contributed by atoms with van der Waals surface area (Å²) in [4.78, 5) is 12.8. The highest BCUT2D eigenvalue weighted by atomic mass is 16.1. The Morgan fingerprint density at radius 1 is 0.800 bits per heavy atom. The molecule has 1 aliphatic heterocycles. The van der Waals surface area contributed by atoms with Crippen molar-refractivity contribution in [2.75, 3.05) is 13.1 Å². The van der Waals surface area contributed by atoms with Crippen LogP contribution in [0.1, 0.15) is 24.0 Å². The van der Waals surface area contributed by atoms with Crippen LogP contribution in [0.2, 0.25) is 0 Å². The molecule has 0 atom stereocenters. The quantitative estimate of drug-likeness (QED) is 0.780. The van der Waals surface area contributed by atoms with Gasteiger partial charge in [-0.05, 0) is 24.0 Å². The van der Waals surface area contributed by atoms with Crippen LogP contribution in [-0.2, 0) is 10.2 Å². The number of likely N-dealkylation sites (tertiary alicyclic amines) is 1. The molecule has 20 heavy (non-hydrogen) atoms. The molecular formula is C18H19NO. The maximum atomic E-state index is 11.0. The van der Waals surface area contributed by atoms with Crippen molar-refractivity contribution in [2.24, 2.45) is 0 Å². The van der Waals surface area contributed by atoms with Crippen LogP contribution in [0.15, 0.2) is 60.7 Å². The summed E-state index contributed by atoms with van der Waals surface area (Å²) in [6.07, 6.45) is 2.94. The van der Waals surface area contributed by atoms with Gasteiger partial charge in [0.2, 0.25) is 6.41 Å². The largest absolute Gasteiger partial charge is 0.345 e. The molecule has 1 heterocycles. The molecule has 0 aromatic heterocycles. The fraction of sp³-hybridized carbons (Fsp3) is 0.278. The molecule has 1 amide bonds. The van der Waals surface area contributed by atoms with Crippen molar-refractivity contribution in [3.8, 4) is 0 Å². The zero-order valence-corrected chi connectivity index (χ0v) is 11.5. The SMILES string of the molecule is O=CN1CCC(c2ccccc2)(c2ccccc2)CC1. The standard InChI is InChI=1S/C18H19NO/c20-15-19-13-11-18(12-14-19,16-7-3-1-4-8-16)17-9-5-2-6-10-17/h1-10,15H,11-14H2. The van der Waals surface area contributed by atoms with Crippen LogP contribution in [0.4, 0.5) is 0 Å². The first-order chi connectivity index (χ1) is 9.85. The number of carbonyl (C=O) groups is 1. The first kappa shape index (κ1) is 12.9. The van der Waals surface area contributed by atoms with Crippen molar-refractivity contribution in [3.05, 3.63) is 71.8 Å². The average molecular weight is 265 g/mol. The average Bonchev–Trinajstić information content (AvgIpc) is 2.56. The Balaban J connectivity index is 2.03. The van der Waals surface area contributed by atoms with Crippen molar-refractivity contribution in [2.45, 2.75) is 18.3 Å². The summed E-state index contributed by atoms with van der Waals surface area (Å²) >= 11 is 0. The van der Waals surface area contributed by atoms with Crippen LogP contribution in [0.3, 0.4) is 0 Å². The highest BCUT2D eigenvalue weighted by Crippen LogP contribution is 2.41. The van der Waals surface area contributed by atoms with Gasteiger partial charge in [0.1, 0.15) is 0 Å². The summed E-state index contributed by atoms with van der Waals surface area (Å²) < 4.78 is 0. The van der Waals surface area contributed by atoms with Gasteiger partial charge in [-0.1, -0.05) is 60.7 Å². The van der Waals surface area contributed by atoms with Gasteiger partial charge in [0, 0.05) is 18.5 Å². The molecule has 0 aliphatic carbocycles. The fourth-order valence-electron chi connectivity index (χ4n) is 3.27. The maximum absolute atomic E-state index is 11.0. The molecule has 2 aromatic rings. The highest BCUT2D eigenvalue weighted by Gasteiger charge is 2.37. The Bertz CT molecular complexity index is 515. The Labute approximate surface area is 120 Å². The molecule has 2 nitrogen and oxygen atoms in total. The molecule has 0 unspecified atom stereocenters. The first-order valence-electron chi connectivity index (χ1n) is 7.15. The van der Waals surface area contributed by atoms with Gasteiger partial charge in [0.05, 0.1) is 0 Å². The van der Waals surface area contributed by atoms with Gasteiger partial charge >= 0.3 is 0 Å². The molecule has 1 fully saturated rings. The molecule has 0 radical (unpaired) electrons. The predicted octanol–water partition coefficient (Wildman–Crippen LogP) is 3.22. The molecule has 2 aromatic carbocycles. The third-order valence-electron chi connectivity index (χ3n) is 4.45. The van der Waals surface area contributed by atoms with E-state index < -0.39 is 0 Å². The summed E-state index contributed by atoms with van der Waals surface area (Å²) in [5, 5.41) is 0. The minimum absolute atomic E-state index is 0.0437. The molecule has 0 bridgehead atoms. The van der Waals surface area contributed by atoms with E-state index in [2.05, 4.69) is 60.7 Å². The van der Waals surface area contributed by atoms with Gasteiger partial charge < -0.3 is 4.90 Å². The third-order valence-corrected chi connectivity index (χ3v) is 4.45. The molecule has 102 valence electrons. The Kier molecular flexibility index (Phi) is 3.55. The van der Waals surface area contributed by atoms with E-state index in [9.17, 15) is 4.79 Å². The second-order valence-electron chi connectivity index (χ2n) is 5.46. The third kappa shape index (κ3) is 2.22. The number of rotatable bonds is 3. The summed E-state index contributed by atoms with van der Waals surface area (Å²) in [7, 11) is 0. The summed E-state index contributed by atoms with van der Waals surface area (Å²) in [6.45, 7) is 1.65. The van der Waals surface area contributed by atoms with Crippen LogP contribution in [0, 0.1) is 0 Å². The van der Waals surface area contributed by atoms with Crippen LogP contribution < -0.4 is 0 Å². The van der Waals surface area contributed by atoms with Crippen molar-refractivity contribution < 1.29 is 4.79 Å². The lowest BCUT2D eigenvalue weighted by Crippen LogP contribution is -2.42. The van der Waals surface area contributed by atoms with E-state index in [1.54, 1.807) is 0 Å². The molecule has 0 N–H and O–H groups in total. The monoisotopic (exact) mass is 265 g/mol. The molecule has 0 saturated carbocycles. The van der Waals surface area contributed by atoms with E-state index in [-0.39, 0.29) is 5.41 Å². The second kappa shape index (κ2) is 5.49. The van der Waals surface area contributed by atoms with Crippen LogP contribution >= 0.6 is 0 Å². The molecule has 1 aliphatic rings. The maximum Gasteiger partial charge on any atom is 0.209 e. The minimum Gasteiger partial charge on any atom is -0.345 e. The number of amides is 1. The van der Waals surface area contributed by atoms with Gasteiger partial charge in [-0.3, -0.25) is 4.79 Å². The zero-order chi connectivity index (χ0) is 13.8. The second-order valence-corrected chi connectivity index (χ2v) is 5.46. The lowest BCUT2D eigenvalue weighted by molar-refractivity contribution is -0.119. The highest BCUT2D eigenvalue weighted by molar-refractivity contribution is 5.49. The number of benzene rings is 2. The van der Waals surface area contributed by atoms with E-state index in [1.165, 1.54) is 11.1 Å².